The molecule has 1 amide bonds. The van der Waals surface area contributed by atoms with Crippen molar-refractivity contribution < 1.29 is 28.1 Å². The summed E-state index contributed by atoms with van der Waals surface area (Å²) in [7, 11) is 1.48. The lowest BCUT2D eigenvalue weighted by Crippen LogP contribution is -2.40. The van der Waals surface area contributed by atoms with Crippen LogP contribution >= 0.6 is 11.6 Å². The van der Waals surface area contributed by atoms with E-state index in [1.807, 2.05) is 32.9 Å². The van der Waals surface area contributed by atoms with Crippen molar-refractivity contribution in [3.8, 4) is 30.1 Å². The van der Waals surface area contributed by atoms with Crippen LogP contribution in [0.15, 0.2) is 60.2 Å². The number of halogens is 2. The molecular weight excluding hydrogens is 509 g/mol. The van der Waals surface area contributed by atoms with Gasteiger partial charge in [-0.15, -0.1) is 12.8 Å². The lowest BCUT2D eigenvalue weighted by Gasteiger charge is -2.27. The molecule has 2 aromatic carbocycles. The highest BCUT2D eigenvalue weighted by molar-refractivity contribution is 6.28. The maximum atomic E-state index is 14.7. The highest BCUT2D eigenvalue weighted by Crippen LogP contribution is 2.47. The Labute approximate surface area is 231 Å². The third kappa shape index (κ3) is 8.83. The Morgan fingerprint density at radius 1 is 1.13 bits per heavy atom. The van der Waals surface area contributed by atoms with Crippen molar-refractivity contribution in [3.05, 3.63) is 77.1 Å². The molecule has 0 aromatic heterocycles. The minimum absolute atomic E-state index is 0.0840. The fourth-order valence-electron chi connectivity index (χ4n) is 3.51. The molecule has 0 saturated carbocycles. The molecule has 0 aliphatic carbocycles. The third-order valence-electron chi connectivity index (χ3n) is 5.42. The summed E-state index contributed by atoms with van der Waals surface area (Å²) >= 11 is 5.08. The van der Waals surface area contributed by atoms with E-state index in [1.165, 1.54) is 13.2 Å². The molecule has 1 atom stereocenters. The maximum Gasteiger partial charge on any atom is 0.280 e. The van der Waals surface area contributed by atoms with E-state index in [1.54, 1.807) is 42.2 Å². The zero-order chi connectivity index (χ0) is 28.7. The number of amides is 1. The summed E-state index contributed by atoms with van der Waals surface area (Å²) in [6.07, 6.45) is 12.4. The van der Waals surface area contributed by atoms with Gasteiger partial charge >= 0.3 is 0 Å². The molecule has 1 saturated heterocycles. The molecule has 0 radical (unpaired) electrons. The lowest BCUT2D eigenvalue weighted by atomic mass is 10.0. The van der Waals surface area contributed by atoms with Gasteiger partial charge in [0.2, 0.25) is 0 Å². The highest BCUT2D eigenvalue weighted by atomic mass is 35.5. The Balaban J connectivity index is 0.000000628. The number of rotatable bonds is 4. The van der Waals surface area contributed by atoms with Gasteiger partial charge in [-0.1, -0.05) is 37.3 Å². The van der Waals surface area contributed by atoms with Crippen LogP contribution in [-0.2, 0) is 10.5 Å². The van der Waals surface area contributed by atoms with Gasteiger partial charge in [0.1, 0.15) is 11.6 Å². The highest BCUT2D eigenvalue weighted by Gasteiger charge is 2.44. The number of methoxy groups -OCH3 is 1. The van der Waals surface area contributed by atoms with Crippen molar-refractivity contribution in [1.29, 1.82) is 0 Å². The van der Waals surface area contributed by atoms with E-state index in [0.29, 0.717) is 60.6 Å². The van der Waals surface area contributed by atoms with Gasteiger partial charge in [0, 0.05) is 36.2 Å². The van der Waals surface area contributed by atoms with E-state index >= 15 is 0 Å². The van der Waals surface area contributed by atoms with Gasteiger partial charge in [0.25, 0.3) is 11.7 Å². The molecule has 2 aliphatic rings. The summed E-state index contributed by atoms with van der Waals surface area (Å²) in [5, 5.41) is 0.639. The normalized spacial score (nSPS) is 17.1. The SMILES string of the molecule is C#C.C/C=C\C.C=C(C)Cl.CCC1(c2ccc(OC)cc2F)Oc2ccc(C(=O)N3CCOCC3)cc2O1. The van der Waals surface area contributed by atoms with Gasteiger partial charge < -0.3 is 23.8 Å². The molecule has 6 nitrogen and oxygen atoms in total. The second-order valence-corrected chi connectivity index (χ2v) is 8.71. The van der Waals surface area contributed by atoms with Gasteiger partial charge in [-0.2, -0.15) is 0 Å². The minimum atomic E-state index is -1.28. The third-order valence-corrected chi connectivity index (χ3v) is 5.42. The molecule has 0 spiro atoms. The predicted octanol–water partition coefficient (Wildman–Crippen LogP) is 6.93. The standard InChI is InChI=1S/C21H22FNO5.C4H8.C3H5Cl.C2H2/c1-3-21(16-6-5-15(25-2)13-17(16)22)27-18-7-4-14(12-19(18)28-21)20(24)23-8-10-26-11-9-23;1-3-4-2;1-3(2)4;1-2/h4-7,12-13H,3,8-11H2,1-2H3;3-4H,1-2H3;1H2,2H3;1-2H/b;4-3-;;. The van der Waals surface area contributed by atoms with Gasteiger partial charge in [0.15, 0.2) is 11.5 Å². The molecule has 2 aromatic rings. The van der Waals surface area contributed by atoms with Crippen LogP contribution in [0.25, 0.3) is 0 Å². The quantitative estimate of drug-likeness (QED) is 0.308. The van der Waals surface area contributed by atoms with Crippen LogP contribution in [0.4, 0.5) is 4.39 Å². The Morgan fingerprint density at radius 2 is 1.71 bits per heavy atom. The molecular formula is C30H37ClFNO5. The van der Waals surface area contributed by atoms with E-state index in [9.17, 15) is 9.18 Å². The first-order chi connectivity index (χ1) is 18.2. The van der Waals surface area contributed by atoms with Crippen molar-refractivity contribution in [1.82, 2.24) is 4.90 Å². The molecule has 1 unspecified atom stereocenters. The Hall–Kier alpha value is -3.47. The largest absolute Gasteiger partial charge is 0.497 e. The van der Waals surface area contributed by atoms with Crippen molar-refractivity contribution in [2.45, 2.75) is 39.9 Å². The molecule has 2 aliphatic heterocycles. The van der Waals surface area contributed by atoms with Crippen molar-refractivity contribution in [2.75, 3.05) is 33.4 Å². The Morgan fingerprint density at radius 3 is 2.21 bits per heavy atom. The van der Waals surface area contributed by atoms with E-state index in [0.717, 1.165) is 0 Å². The van der Waals surface area contributed by atoms with Crippen LogP contribution in [-0.4, -0.2) is 44.2 Å². The van der Waals surface area contributed by atoms with Crippen LogP contribution in [0, 0.1) is 18.7 Å². The fraction of sp³-hybridized carbons (Fsp3) is 0.367. The fourth-order valence-corrected chi connectivity index (χ4v) is 3.51. The van der Waals surface area contributed by atoms with E-state index in [2.05, 4.69) is 19.4 Å². The second kappa shape index (κ2) is 16.4. The molecule has 0 bridgehead atoms. The number of hydrogen-bond donors (Lipinski definition) is 0. The first kappa shape index (κ1) is 32.6. The minimum Gasteiger partial charge on any atom is -0.497 e. The first-order valence-electron chi connectivity index (χ1n) is 12.2. The summed E-state index contributed by atoms with van der Waals surface area (Å²) in [5.41, 5.74) is 0.791. The Bertz CT molecular complexity index is 1100. The number of carbonyl (C=O) groups excluding carboxylic acids is 1. The van der Waals surface area contributed by atoms with E-state index < -0.39 is 11.6 Å². The molecule has 1 fully saturated rings. The van der Waals surface area contributed by atoms with E-state index in [4.69, 9.17) is 30.5 Å². The zero-order valence-corrected chi connectivity index (χ0v) is 23.5. The van der Waals surface area contributed by atoms with Gasteiger partial charge in [-0.05, 0) is 51.1 Å². The second-order valence-electron chi connectivity index (χ2n) is 8.07. The number of allylic oxidation sites excluding steroid dienone is 3. The molecule has 8 heteroatoms. The van der Waals surface area contributed by atoms with Gasteiger partial charge in [0.05, 0.1) is 25.9 Å². The number of terminal acetylenes is 1. The number of ether oxygens (including phenoxy) is 4. The van der Waals surface area contributed by atoms with Crippen LogP contribution in [0.1, 0.15) is 50.0 Å². The predicted molar refractivity (Wildman–Crippen MR) is 150 cm³/mol. The van der Waals surface area contributed by atoms with E-state index in [-0.39, 0.29) is 11.5 Å². The number of benzene rings is 2. The number of fused-ring (bicyclic) bond motifs is 1. The summed E-state index contributed by atoms with van der Waals surface area (Å²) in [6, 6.07) is 9.63. The molecule has 2 heterocycles. The molecule has 0 N–H and O–H groups in total. The van der Waals surface area contributed by atoms with Crippen LogP contribution in [0.5, 0.6) is 17.2 Å². The van der Waals surface area contributed by atoms with Crippen molar-refractivity contribution in [3.63, 3.8) is 0 Å². The van der Waals surface area contributed by atoms with Gasteiger partial charge in [-0.3, -0.25) is 4.79 Å². The number of hydrogen-bond acceptors (Lipinski definition) is 5. The summed E-state index contributed by atoms with van der Waals surface area (Å²) in [5.74, 6) is -0.509. The van der Waals surface area contributed by atoms with Gasteiger partial charge in [-0.25, -0.2) is 4.39 Å². The topological polar surface area (TPSA) is 57.2 Å². The van der Waals surface area contributed by atoms with Crippen LogP contribution in [0.2, 0.25) is 0 Å². The lowest BCUT2D eigenvalue weighted by molar-refractivity contribution is -0.0917. The summed E-state index contributed by atoms with van der Waals surface area (Å²) < 4.78 is 37.1. The molecule has 206 valence electrons. The van der Waals surface area contributed by atoms with Crippen LogP contribution in [0.3, 0.4) is 0 Å². The summed E-state index contributed by atoms with van der Waals surface area (Å²) in [4.78, 5) is 14.5. The number of nitrogens with zero attached hydrogens (tertiary/aromatic N) is 1. The number of morpholine rings is 1. The maximum absolute atomic E-state index is 14.7. The average molecular weight is 546 g/mol. The molecule has 4 rings (SSSR count). The Kier molecular flexibility index (Phi) is 14.0. The monoisotopic (exact) mass is 545 g/mol. The first-order valence-corrected chi connectivity index (χ1v) is 12.5. The average Bonchev–Trinajstić information content (AvgIpc) is 3.33. The summed E-state index contributed by atoms with van der Waals surface area (Å²) in [6.45, 7) is 13.1. The zero-order valence-electron chi connectivity index (χ0n) is 22.8. The van der Waals surface area contributed by atoms with Crippen molar-refractivity contribution in [2.24, 2.45) is 0 Å². The van der Waals surface area contributed by atoms with Crippen LogP contribution < -0.4 is 14.2 Å². The smallest absolute Gasteiger partial charge is 0.280 e. The molecule has 38 heavy (non-hydrogen) atoms. The number of carbonyl (C=O) groups is 1. The van der Waals surface area contributed by atoms with Crippen molar-refractivity contribution >= 4 is 17.5 Å².